The Balaban J connectivity index is 2.50. The zero-order valence-corrected chi connectivity index (χ0v) is 11.8. The normalized spacial score (nSPS) is 13.7. The summed E-state index contributed by atoms with van der Waals surface area (Å²) in [5.41, 5.74) is 7.00. The zero-order chi connectivity index (χ0) is 14.8. The van der Waals surface area contributed by atoms with E-state index in [0.29, 0.717) is 11.3 Å². The van der Waals surface area contributed by atoms with Crippen LogP contribution in [0.4, 0.5) is 4.39 Å². The third-order valence-corrected chi connectivity index (χ3v) is 3.41. The van der Waals surface area contributed by atoms with Crippen molar-refractivity contribution in [1.82, 2.24) is 0 Å². The summed E-state index contributed by atoms with van der Waals surface area (Å²) < 4.78 is 23.9. The average Bonchev–Trinajstić information content (AvgIpc) is 2.47. The molecule has 0 heterocycles. The van der Waals surface area contributed by atoms with E-state index in [1.165, 1.54) is 12.1 Å². The van der Waals surface area contributed by atoms with Gasteiger partial charge in [-0.3, -0.25) is 0 Å². The fourth-order valence-corrected chi connectivity index (χ4v) is 2.18. The molecule has 0 aliphatic rings. The van der Waals surface area contributed by atoms with Crippen LogP contribution >= 0.6 is 0 Å². The van der Waals surface area contributed by atoms with Gasteiger partial charge in [0.25, 0.3) is 0 Å². The molecule has 1 atom stereocenters. The second-order valence-electron chi connectivity index (χ2n) is 4.78. The van der Waals surface area contributed by atoms with E-state index in [4.69, 9.17) is 15.2 Å². The number of halogens is 1. The van der Waals surface area contributed by atoms with Crippen molar-refractivity contribution in [1.29, 1.82) is 0 Å². The van der Waals surface area contributed by atoms with Crippen molar-refractivity contribution in [3.05, 3.63) is 59.4 Å². The number of ether oxygens (including phenoxy) is 2. The molecule has 0 radical (unpaired) electrons. The minimum Gasteiger partial charge on any atom is -0.497 e. The topological polar surface area (TPSA) is 44.5 Å². The summed E-state index contributed by atoms with van der Waals surface area (Å²) in [5.74, 6) is 0.967. The maximum absolute atomic E-state index is 13.5. The summed E-state index contributed by atoms with van der Waals surface area (Å²) in [6.07, 6.45) is 0. The van der Waals surface area contributed by atoms with Crippen molar-refractivity contribution in [3.63, 3.8) is 0 Å². The number of rotatable bonds is 4. The summed E-state index contributed by atoms with van der Waals surface area (Å²) in [5, 5.41) is 0. The summed E-state index contributed by atoms with van der Waals surface area (Å²) in [7, 11) is 3.15. The highest BCUT2D eigenvalue weighted by Crippen LogP contribution is 2.34. The van der Waals surface area contributed by atoms with Gasteiger partial charge in [-0.1, -0.05) is 12.1 Å². The van der Waals surface area contributed by atoms with Gasteiger partial charge in [0.15, 0.2) is 0 Å². The van der Waals surface area contributed by atoms with Gasteiger partial charge in [-0.25, -0.2) is 4.39 Å². The van der Waals surface area contributed by atoms with Crippen LogP contribution in [0, 0.1) is 5.82 Å². The molecular weight excluding hydrogens is 257 g/mol. The van der Waals surface area contributed by atoms with Crippen molar-refractivity contribution < 1.29 is 13.9 Å². The van der Waals surface area contributed by atoms with Gasteiger partial charge in [0.2, 0.25) is 0 Å². The highest BCUT2D eigenvalue weighted by Gasteiger charge is 2.27. The molecule has 0 fully saturated rings. The predicted octanol–water partition coefficient (Wildman–Crippen LogP) is 3.07. The highest BCUT2D eigenvalue weighted by atomic mass is 19.1. The van der Waals surface area contributed by atoms with E-state index in [9.17, 15) is 4.39 Å². The maximum atomic E-state index is 13.5. The van der Waals surface area contributed by atoms with E-state index in [1.807, 2.05) is 31.2 Å². The van der Waals surface area contributed by atoms with Gasteiger partial charge in [0, 0.05) is 5.56 Å². The summed E-state index contributed by atoms with van der Waals surface area (Å²) in [4.78, 5) is 0. The standard InChI is InChI=1S/C16H18FNO2/c1-16(18,11-4-7-13(19-2)8-5-11)14-10-12(17)6-9-15(14)20-3/h4-10H,18H2,1-3H3. The molecule has 4 heteroatoms. The highest BCUT2D eigenvalue weighted by molar-refractivity contribution is 5.46. The van der Waals surface area contributed by atoms with Crippen LogP contribution in [0.25, 0.3) is 0 Å². The molecule has 1 unspecified atom stereocenters. The van der Waals surface area contributed by atoms with Gasteiger partial charge >= 0.3 is 0 Å². The minimum atomic E-state index is -0.861. The van der Waals surface area contributed by atoms with E-state index in [1.54, 1.807) is 20.3 Å². The number of methoxy groups -OCH3 is 2. The molecule has 3 nitrogen and oxygen atoms in total. The summed E-state index contributed by atoms with van der Waals surface area (Å²) in [6.45, 7) is 1.83. The Kier molecular flexibility index (Phi) is 3.95. The lowest BCUT2D eigenvalue weighted by atomic mass is 9.85. The first-order chi connectivity index (χ1) is 9.48. The lowest BCUT2D eigenvalue weighted by molar-refractivity contribution is 0.396. The molecule has 0 spiro atoms. The lowest BCUT2D eigenvalue weighted by Crippen LogP contribution is -2.34. The largest absolute Gasteiger partial charge is 0.497 e. The molecule has 106 valence electrons. The van der Waals surface area contributed by atoms with Crippen molar-refractivity contribution >= 4 is 0 Å². The van der Waals surface area contributed by atoms with Gasteiger partial charge in [0.1, 0.15) is 17.3 Å². The van der Waals surface area contributed by atoms with E-state index < -0.39 is 5.54 Å². The first kappa shape index (κ1) is 14.3. The molecule has 0 aromatic heterocycles. The van der Waals surface area contributed by atoms with Crippen LogP contribution < -0.4 is 15.2 Å². The van der Waals surface area contributed by atoms with Gasteiger partial charge < -0.3 is 15.2 Å². The van der Waals surface area contributed by atoms with Crippen LogP contribution in [0.3, 0.4) is 0 Å². The van der Waals surface area contributed by atoms with Gasteiger partial charge in [-0.05, 0) is 42.8 Å². The van der Waals surface area contributed by atoms with Crippen molar-refractivity contribution in [3.8, 4) is 11.5 Å². The quantitative estimate of drug-likeness (QED) is 0.932. The Bertz CT molecular complexity index is 594. The maximum Gasteiger partial charge on any atom is 0.124 e. The molecular formula is C16H18FNO2. The van der Waals surface area contributed by atoms with Gasteiger partial charge in [-0.15, -0.1) is 0 Å². The van der Waals surface area contributed by atoms with E-state index in [-0.39, 0.29) is 5.82 Å². The fraction of sp³-hybridized carbons (Fsp3) is 0.250. The fourth-order valence-electron chi connectivity index (χ4n) is 2.18. The summed E-state index contributed by atoms with van der Waals surface area (Å²) >= 11 is 0. The Morgan fingerprint density at radius 2 is 1.65 bits per heavy atom. The monoisotopic (exact) mass is 275 g/mol. The van der Waals surface area contributed by atoms with Gasteiger partial charge in [0.05, 0.1) is 19.8 Å². The Labute approximate surface area is 118 Å². The van der Waals surface area contributed by atoms with E-state index >= 15 is 0 Å². The van der Waals surface area contributed by atoms with Crippen LogP contribution in [-0.4, -0.2) is 14.2 Å². The van der Waals surface area contributed by atoms with Crippen molar-refractivity contribution in [2.24, 2.45) is 5.73 Å². The molecule has 0 aliphatic heterocycles. The molecule has 2 N–H and O–H groups in total. The second kappa shape index (κ2) is 5.51. The molecule has 2 aromatic carbocycles. The molecule has 0 aliphatic carbocycles. The zero-order valence-electron chi connectivity index (χ0n) is 11.8. The summed E-state index contributed by atoms with van der Waals surface area (Å²) in [6, 6.07) is 11.7. The lowest BCUT2D eigenvalue weighted by Gasteiger charge is -2.28. The molecule has 0 amide bonds. The Morgan fingerprint density at radius 1 is 1.00 bits per heavy atom. The number of hydrogen-bond acceptors (Lipinski definition) is 3. The molecule has 20 heavy (non-hydrogen) atoms. The van der Waals surface area contributed by atoms with Crippen LogP contribution in [0.1, 0.15) is 18.1 Å². The number of hydrogen-bond donors (Lipinski definition) is 1. The third kappa shape index (κ3) is 2.60. The molecule has 0 saturated heterocycles. The first-order valence-corrected chi connectivity index (χ1v) is 6.26. The number of nitrogens with two attached hydrogens (primary N) is 1. The van der Waals surface area contributed by atoms with E-state index in [0.717, 1.165) is 11.3 Å². The van der Waals surface area contributed by atoms with Crippen LogP contribution in [-0.2, 0) is 5.54 Å². The first-order valence-electron chi connectivity index (χ1n) is 6.26. The third-order valence-electron chi connectivity index (χ3n) is 3.41. The minimum absolute atomic E-state index is 0.342. The molecule has 2 aromatic rings. The Hall–Kier alpha value is -2.07. The van der Waals surface area contributed by atoms with E-state index in [2.05, 4.69) is 0 Å². The smallest absolute Gasteiger partial charge is 0.124 e. The molecule has 2 rings (SSSR count). The predicted molar refractivity (Wildman–Crippen MR) is 76.6 cm³/mol. The molecule has 0 saturated carbocycles. The van der Waals surface area contributed by atoms with Crippen LogP contribution in [0.15, 0.2) is 42.5 Å². The second-order valence-corrected chi connectivity index (χ2v) is 4.78. The van der Waals surface area contributed by atoms with Crippen molar-refractivity contribution in [2.45, 2.75) is 12.5 Å². The molecule has 0 bridgehead atoms. The average molecular weight is 275 g/mol. The SMILES string of the molecule is COc1ccc(C(C)(N)c2cc(F)ccc2OC)cc1. The van der Waals surface area contributed by atoms with Crippen LogP contribution in [0.5, 0.6) is 11.5 Å². The van der Waals surface area contributed by atoms with Crippen molar-refractivity contribution in [2.75, 3.05) is 14.2 Å². The van der Waals surface area contributed by atoms with Crippen LogP contribution in [0.2, 0.25) is 0 Å². The van der Waals surface area contributed by atoms with Gasteiger partial charge in [-0.2, -0.15) is 0 Å². The number of benzene rings is 2. The Morgan fingerprint density at radius 3 is 2.20 bits per heavy atom.